The summed E-state index contributed by atoms with van der Waals surface area (Å²) < 4.78 is 1.67. The lowest BCUT2D eigenvalue weighted by Crippen LogP contribution is -2.17. The van der Waals surface area contributed by atoms with Gasteiger partial charge >= 0.3 is 0 Å². The molecule has 0 aliphatic heterocycles. The van der Waals surface area contributed by atoms with E-state index in [1.165, 1.54) is 0 Å². The van der Waals surface area contributed by atoms with Crippen molar-refractivity contribution < 1.29 is 0 Å². The minimum absolute atomic E-state index is 0. The molecule has 2 rings (SSSR count). The zero-order valence-corrected chi connectivity index (χ0v) is 12.8. The molecule has 0 aliphatic rings. The fraction of sp³-hybridized carbons (Fsp3) is 0.400. The van der Waals surface area contributed by atoms with E-state index >= 15 is 0 Å². The molecule has 0 spiro atoms. The average molecular weight is 323 g/mol. The molecule has 1 N–H and O–H groups in total. The van der Waals surface area contributed by atoms with Crippen LogP contribution < -0.4 is 5.32 Å². The van der Waals surface area contributed by atoms with Crippen molar-refractivity contribution in [2.24, 2.45) is 7.05 Å². The van der Waals surface area contributed by atoms with Gasteiger partial charge in [0.25, 0.3) is 0 Å². The third kappa shape index (κ3) is 6.20. The molecule has 2 aromatic heterocycles. The van der Waals surface area contributed by atoms with Gasteiger partial charge in [-0.05, 0) is 22.6 Å². The van der Waals surface area contributed by atoms with Gasteiger partial charge in [0.2, 0.25) is 5.16 Å². The summed E-state index contributed by atoms with van der Waals surface area (Å²) in [5, 5.41) is 15.4. The van der Waals surface area contributed by atoms with E-state index in [9.17, 15) is 0 Å². The van der Waals surface area contributed by atoms with Gasteiger partial charge in [-0.25, -0.2) is 4.68 Å². The highest BCUT2D eigenvalue weighted by molar-refractivity contribution is 7.99. The minimum atomic E-state index is 0. The van der Waals surface area contributed by atoms with Crippen molar-refractivity contribution in [3.63, 3.8) is 0 Å². The van der Waals surface area contributed by atoms with Crippen LogP contribution in [0.3, 0.4) is 0 Å². The van der Waals surface area contributed by atoms with Gasteiger partial charge < -0.3 is 5.32 Å². The molecular weight excluding hydrogens is 307 g/mol. The van der Waals surface area contributed by atoms with Gasteiger partial charge in [-0.3, -0.25) is 4.98 Å². The number of pyridine rings is 1. The van der Waals surface area contributed by atoms with E-state index in [0.29, 0.717) is 0 Å². The Hall–Kier alpha value is -0.890. The molecule has 2 heterocycles. The number of aryl methyl sites for hydroxylation is 1. The van der Waals surface area contributed by atoms with Gasteiger partial charge in [0.05, 0.1) is 5.69 Å². The van der Waals surface area contributed by atoms with E-state index in [-0.39, 0.29) is 24.8 Å². The fourth-order valence-electron chi connectivity index (χ4n) is 1.28. The predicted molar refractivity (Wildman–Crippen MR) is 80.0 cm³/mol. The number of halogens is 2. The van der Waals surface area contributed by atoms with Crippen LogP contribution in [0.4, 0.5) is 0 Å². The van der Waals surface area contributed by atoms with Gasteiger partial charge in [-0.2, -0.15) is 0 Å². The Morgan fingerprint density at radius 3 is 2.79 bits per heavy atom. The quantitative estimate of drug-likeness (QED) is 0.639. The highest BCUT2D eigenvalue weighted by Crippen LogP contribution is 2.10. The molecule has 9 heteroatoms. The zero-order valence-electron chi connectivity index (χ0n) is 10.4. The molecule has 0 fully saturated rings. The van der Waals surface area contributed by atoms with E-state index in [1.807, 2.05) is 25.2 Å². The van der Waals surface area contributed by atoms with Crippen LogP contribution >= 0.6 is 36.6 Å². The molecule has 0 atom stereocenters. The summed E-state index contributed by atoms with van der Waals surface area (Å²) in [7, 11) is 1.84. The first kappa shape index (κ1) is 18.1. The topological polar surface area (TPSA) is 68.5 Å². The van der Waals surface area contributed by atoms with Crippen LogP contribution in [0.2, 0.25) is 0 Å². The van der Waals surface area contributed by atoms with Crippen LogP contribution in [0.15, 0.2) is 29.6 Å². The first-order valence-corrected chi connectivity index (χ1v) is 6.30. The summed E-state index contributed by atoms with van der Waals surface area (Å²) in [6.07, 6.45) is 1.80. The van der Waals surface area contributed by atoms with Crippen molar-refractivity contribution in [1.29, 1.82) is 0 Å². The van der Waals surface area contributed by atoms with Crippen LogP contribution in [0.5, 0.6) is 0 Å². The van der Waals surface area contributed by atoms with Crippen LogP contribution in [0.25, 0.3) is 0 Å². The highest BCUT2D eigenvalue weighted by Gasteiger charge is 2.01. The van der Waals surface area contributed by atoms with Crippen molar-refractivity contribution >= 4 is 36.6 Å². The predicted octanol–water partition coefficient (Wildman–Crippen LogP) is 1.33. The third-order valence-corrected chi connectivity index (χ3v) is 3.14. The second kappa shape index (κ2) is 9.96. The van der Waals surface area contributed by atoms with Gasteiger partial charge in [0, 0.05) is 32.1 Å². The van der Waals surface area contributed by atoms with Gasteiger partial charge in [0.15, 0.2) is 0 Å². The Morgan fingerprint density at radius 1 is 1.32 bits per heavy atom. The summed E-state index contributed by atoms with van der Waals surface area (Å²) in [5.41, 5.74) is 1.05. The Bertz CT molecular complexity index is 452. The van der Waals surface area contributed by atoms with Crippen molar-refractivity contribution in [2.75, 3.05) is 12.3 Å². The van der Waals surface area contributed by atoms with E-state index < -0.39 is 0 Å². The van der Waals surface area contributed by atoms with Crippen molar-refractivity contribution in [3.05, 3.63) is 30.1 Å². The van der Waals surface area contributed by atoms with Crippen LogP contribution in [0.1, 0.15) is 5.69 Å². The second-order valence-electron chi connectivity index (χ2n) is 3.43. The molecular formula is C10H16Cl2N6S. The molecule has 0 radical (unpaired) electrons. The number of nitrogens with zero attached hydrogens (tertiary/aromatic N) is 5. The highest BCUT2D eigenvalue weighted by atomic mass is 35.5. The summed E-state index contributed by atoms with van der Waals surface area (Å²) >= 11 is 1.63. The molecule has 0 aliphatic carbocycles. The number of rotatable bonds is 6. The number of nitrogens with one attached hydrogen (secondary N) is 1. The fourth-order valence-corrected chi connectivity index (χ4v) is 2.02. The lowest BCUT2D eigenvalue weighted by molar-refractivity contribution is 0.663. The normalized spacial score (nSPS) is 9.53. The average Bonchev–Trinajstić information content (AvgIpc) is 2.76. The van der Waals surface area contributed by atoms with Crippen LogP contribution in [0, 0.1) is 0 Å². The largest absolute Gasteiger partial charge is 0.310 e. The maximum atomic E-state index is 4.23. The number of aromatic nitrogens is 5. The first-order valence-electron chi connectivity index (χ1n) is 5.32. The van der Waals surface area contributed by atoms with Crippen molar-refractivity contribution in [2.45, 2.75) is 11.7 Å². The SMILES string of the molecule is Cl.Cl.Cn1nnnc1SCCNCc1ccccn1. The third-order valence-electron chi connectivity index (χ3n) is 2.12. The number of hydrogen-bond acceptors (Lipinski definition) is 6. The Morgan fingerprint density at radius 2 is 2.16 bits per heavy atom. The summed E-state index contributed by atoms with van der Waals surface area (Å²) in [4.78, 5) is 4.23. The van der Waals surface area contributed by atoms with Gasteiger partial charge in [-0.1, -0.05) is 17.8 Å². The second-order valence-corrected chi connectivity index (χ2v) is 4.49. The maximum Gasteiger partial charge on any atom is 0.209 e. The Kier molecular flexibility index (Phi) is 9.50. The Balaban J connectivity index is 0.00000162. The first-order chi connectivity index (χ1) is 8.36. The van der Waals surface area contributed by atoms with E-state index in [4.69, 9.17) is 0 Å². The van der Waals surface area contributed by atoms with Gasteiger partial charge in [-0.15, -0.1) is 29.9 Å². The smallest absolute Gasteiger partial charge is 0.209 e. The molecule has 106 valence electrons. The zero-order chi connectivity index (χ0) is 11.9. The number of tetrazole rings is 1. The summed E-state index contributed by atoms with van der Waals surface area (Å²) in [5.74, 6) is 0.932. The molecule has 6 nitrogen and oxygen atoms in total. The standard InChI is InChI=1S/C10H14N6S.2ClH/c1-16-10(13-14-15-16)17-7-6-11-8-9-4-2-3-5-12-9;;/h2-5,11H,6-8H2,1H3;2*1H. The molecule has 2 aromatic rings. The molecule has 0 aromatic carbocycles. The molecule has 0 bridgehead atoms. The van der Waals surface area contributed by atoms with Crippen molar-refractivity contribution in [1.82, 2.24) is 30.5 Å². The van der Waals surface area contributed by atoms with Crippen LogP contribution in [-0.4, -0.2) is 37.5 Å². The minimum Gasteiger partial charge on any atom is -0.310 e. The number of thioether (sulfide) groups is 1. The lowest BCUT2D eigenvalue weighted by atomic mass is 10.3. The van der Waals surface area contributed by atoms with E-state index in [1.54, 1.807) is 22.6 Å². The maximum absolute atomic E-state index is 4.23. The van der Waals surface area contributed by atoms with Crippen molar-refractivity contribution in [3.8, 4) is 0 Å². The van der Waals surface area contributed by atoms with E-state index in [2.05, 4.69) is 25.8 Å². The Labute approximate surface area is 128 Å². The molecule has 0 amide bonds. The summed E-state index contributed by atoms with van der Waals surface area (Å²) in [6.45, 7) is 1.69. The van der Waals surface area contributed by atoms with E-state index in [0.717, 1.165) is 29.7 Å². The molecule has 19 heavy (non-hydrogen) atoms. The number of hydrogen-bond donors (Lipinski definition) is 1. The molecule has 0 saturated heterocycles. The molecule has 0 saturated carbocycles. The molecule has 0 unspecified atom stereocenters. The van der Waals surface area contributed by atoms with Gasteiger partial charge in [0.1, 0.15) is 0 Å². The van der Waals surface area contributed by atoms with Crippen LogP contribution in [-0.2, 0) is 13.6 Å². The monoisotopic (exact) mass is 322 g/mol. The lowest BCUT2D eigenvalue weighted by Gasteiger charge is -2.03. The summed E-state index contributed by atoms with van der Waals surface area (Å²) in [6, 6.07) is 5.91.